The zero-order valence-corrected chi connectivity index (χ0v) is 5.44. The van der Waals surface area contributed by atoms with Crippen LogP contribution in [0, 0.1) is 5.82 Å². The van der Waals surface area contributed by atoms with E-state index < -0.39 is 13.1 Å². The van der Waals surface area contributed by atoms with Gasteiger partial charge in [0.05, 0.1) is 6.20 Å². The quantitative estimate of drug-likeness (QED) is 0.571. The number of hydrogen-bond donors (Lipinski definition) is 2. The van der Waals surface area contributed by atoms with E-state index in [0.29, 0.717) is 0 Å². The van der Waals surface area contributed by atoms with E-state index >= 15 is 0 Å². The summed E-state index contributed by atoms with van der Waals surface area (Å²) in [7, 11) is -2.01. The molecule has 0 aromatic carbocycles. The van der Waals surface area contributed by atoms with Crippen LogP contribution < -0.4 is 4.65 Å². The minimum Gasteiger partial charge on any atom is -0.509 e. The Morgan fingerprint density at radius 3 is 2.82 bits per heavy atom. The molecule has 2 N–H and O–H groups in total. The summed E-state index contributed by atoms with van der Waals surface area (Å²) in [5.74, 6) is -0.976. The van der Waals surface area contributed by atoms with E-state index in [4.69, 9.17) is 10.0 Å². The first-order valence-corrected chi connectivity index (χ1v) is 2.82. The lowest BCUT2D eigenvalue weighted by atomic mass is 10.2. The van der Waals surface area contributed by atoms with Crippen molar-refractivity contribution in [3.05, 3.63) is 24.3 Å². The molecule has 1 aromatic rings. The summed E-state index contributed by atoms with van der Waals surface area (Å²) in [4.78, 5) is 3.43. The van der Waals surface area contributed by atoms with Gasteiger partial charge in [0.15, 0.2) is 5.82 Å². The molecule has 58 valence electrons. The third-order valence-electron chi connectivity index (χ3n) is 0.968. The number of halogens is 1. The second-order valence-corrected chi connectivity index (χ2v) is 1.75. The topological polar surface area (TPSA) is 62.6 Å². The maximum absolute atomic E-state index is 12.5. The van der Waals surface area contributed by atoms with Crippen molar-refractivity contribution in [3.8, 4) is 5.75 Å². The van der Waals surface area contributed by atoms with Crippen molar-refractivity contribution >= 4 is 7.32 Å². The van der Waals surface area contributed by atoms with Crippen molar-refractivity contribution in [3.63, 3.8) is 0 Å². The second-order valence-electron chi connectivity index (χ2n) is 1.75. The zero-order chi connectivity index (χ0) is 8.27. The first kappa shape index (κ1) is 7.97. The van der Waals surface area contributed by atoms with Gasteiger partial charge in [-0.25, -0.2) is 4.39 Å². The fourth-order valence-corrected chi connectivity index (χ4v) is 0.572. The summed E-state index contributed by atoms with van der Waals surface area (Å²) in [6.07, 6.45) is 2.19. The standard InChI is InChI=1S/C5H5BFNO3/c7-4-3-8-2-1-5(4)11-6(9)10/h1-3,9-10H. The Kier molecular flexibility index (Phi) is 2.40. The SMILES string of the molecule is OB(O)Oc1ccncc1F. The second kappa shape index (κ2) is 3.31. The number of hydrogen-bond acceptors (Lipinski definition) is 4. The third-order valence-corrected chi connectivity index (χ3v) is 0.968. The molecule has 4 nitrogen and oxygen atoms in total. The minimum absolute atomic E-state index is 0.241. The molecule has 0 unspecified atom stereocenters. The van der Waals surface area contributed by atoms with E-state index in [1.807, 2.05) is 0 Å². The molecular formula is C5H5BFNO3. The van der Waals surface area contributed by atoms with Gasteiger partial charge in [0, 0.05) is 6.20 Å². The van der Waals surface area contributed by atoms with Crippen LogP contribution in [0.25, 0.3) is 0 Å². The van der Waals surface area contributed by atoms with Crippen molar-refractivity contribution < 1.29 is 19.1 Å². The molecule has 0 amide bonds. The Balaban J connectivity index is 2.78. The van der Waals surface area contributed by atoms with Crippen molar-refractivity contribution in [2.24, 2.45) is 0 Å². The molecule has 0 saturated carbocycles. The molecule has 0 radical (unpaired) electrons. The predicted molar refractivity (Wildman–Crippen MR) is 35.0 cm³/mol. The van der Waals surface area contributed by atoms with Gasteiger partial charge in [-0.1, -0.05) is 0 Å². The molecule has 0 spiro atoms. The Bertz CT molecular complexity index is 245. The van der Waals surface area contributed by atoms with Crippen molar-refractivity contribution in [1.29, 1.82) is 0 Å². The van der Waals surface area contributed by atoms with Crippen LogP contribution in [0.4, 0.5) is 4.39 Å². The molecule has 1 rings (SSSR count). The zero-order valence-electron chi connectivity index (χ0n) is 5.44. The smallest absolute Gasteiger partial charge is 0.509 e. The summed E-state index contributed by atoms with van der Waals surface area (Å²) in [6, 6.07) is 1.19. The molecular weight excluding hydrogens is 152 g/mol. The highest BCUT2D eigenvalue weighted by atomic mass is 19.1. The normalized spacial score (nSPS) is 9.36. The summed E-state index contributed by atoms with van der Waals surface area (Å²) < 4.78 is 16.8. The fraction of sp³-hybridized carbons (Fsp3) is 0. The molecule has 1 aromatic heterocycles. The molecule has 0 fully saturated rings. The summed E-state index contributed by atoms with van der Waals surface area (Å²) in [5, 5.41) is 16.6. The van der Waals surface area contributed by atoms with Gasteiger partial charge >= 0.3 is 7.32 Å². The van der Waals surface area contributed by atoms with E-state index in [0.717, 1.165) is 6.20 Å². The average molecular weight is 157 g/mol. The van der Waals surface area contributed by atoms with E-state index in [2.05, 4.69) is 9.64 Å². The van der Waals surface area contributed by atoms with Crippen LogP contribution in [0.1, 0.15) is 0 Å². The molecule has 0 aliphatic rings. The Hall–Kier alpha value is -1.14. The van der Waals surface area contributed by atoms with Crippen LogP contribution in [-0.2, 0) is 0 Å². The van der Waals surface area contributed by atoms with Crippen LogP contribution in [0.3, 0.4) is 0 Å². The van der Waals surface area contributed by atoms with Gasteiger partial charge in [-0.3, -0.25) is 4.98 Å². The first-order valence-electron chi connectivity index (χ1n) is 2.82. The predicted octanol–water partition coefficient (Wildman–Crippen LogP) is -0.431. The van der Waals surface area contributed by atoms with E-state index in [9.17, 15) is 4.39 Å². The molecule has 0 aliphatic heterocycles. The number of rotatable bonds is 2. The van der Waals surface area contributed by atoms with E-state index in [-0.39, 0.29) is 5.75 Å². The highest BCUT2D eigenvalue weighted by Gasteiger charge is 2.13. The van der Waals surface area contributed by atoms with Crippen LogP contribution in [-0.4, -0.2) is 22.4 Å². The maximum Gasteiger partial charge on any atom is 0.707 e. The molecule has 0 bridgehead atoms. The third kappa shape index (κ3) is 2.17. The number of pyridine rings is 1. The van der Waals surface area contributed by atoms with Crippen LogP contribution in [0.15, 0.2) is 18.5 Å². The highest BCUT2D eigenvalue weighted by Crippen LogP contribution is 2.13. The van der Waals surface area contributed by atoms with Crippen LogP contribution in [0.2, 0.25) is 0 Å². The Labute approximate surface area is 62.4 Å². The number of aromatic nitrogens is 1. The maximum atomic E-state index is 12.5. The van der Waals surface area contributed by atoms with Gasteiger partial charge in [-0.2, -0.15) is 0 Å². The van der Waals surface area contributed by atoms with Crippen molar-refractivity contribution in [1.82, 2.24) is 4.98 Å². The Morgan fingerprint density at radius 1 is 1.55 bits per heavy atom. The van der Waals surface area contributed by atoms with E-state index in [1.54, 1.807) is 0 Å². The van der Waals surface area contributed by atoms with Crippen molar-refractivity contribution in [2.75, 3.05) is 0 Å². The number of nitrogens with zero attached hydrogens (tertiary/aromatic N) is 1. The van der Waals surface area contributed by atoms with E-state index in [1.165, 1.54) is 12.3 Å². The Morgan fingerprint density at radius 2 is 2.27 bits per heavy atom. The van der Waals surface area contributed by atoms with Gasteiger partial charge in [0.2, 0.25) is 0 Å². The fourth-order valence-electron chi connectivity index (χ4n) is 0.572. The van der Waals surface area contributed by atoms with Gasteiger partial charge in [-0.15, -0.1) is 0 Å². The van der Waals surface area contributed by atoms with Gasteiger partial charge < -0.3 is 14.7 Å². The molecule has 0 aliphatic carbocycles. The summed E-state index contributed by atoms with van der Waals surface area (Å²) in [5.41, 5.74) is 0. The lowest BCUT2D eigenvalue weighted by molar-refractivity contribution is 0.281. The molecule has 0 saturated heterocycles. The lowest BCUT2D eigenvalue weighted by Gasteiger charge is -2.03. The van der Waals surface area contributed by atoms with Crippen LogP contribution >= 0.6 is 0 Å². The summed E-state index contributed by atoms with van der Waals surface area (Å²) in [6.45, 7) is 0. The largest absolute Gasteiger partial charge is 0.707 e. The molecule has 6 heteroatoms. The molecule has 1 heterocycles. The van der Waals surface area contributed by atoms with Crippen LogP contribution in [0.5, 0.6) is 5.75 Å². The minimum atomic E-state index is -2.01. The van der Waals surface area contributed by atoms with Gasteiger partial charge in [-0.05, 0) is 6.07 Å². The highest BCUT2D eigenvalue weighted by molar-refractivity contribution is 6.33. The van der Waals surface area contributed by atoms with Gasteiger partial charge in [0.25, 0.3) is 0 Å². The van der Waals surface area contributed by atoms with Crippen molar-refractivity contribution in [2.45, 2.75) is 0 Å². The monoisotopic (exact) mass is 157 g/mol. The molecule has 0 atom stereocenters. The molecule has 11 heavy (non-hydrogen) atoms. The first-order chi connectivity index (χ1) is 5.20. The van der Waals surface area contributed by atoms with Gasteiger partial charge in [0.1, 0.15) is 5.75 Å². The summed E-state index contributed by atoms with van der Waals surface area (Å²) >= 11 is 0. The lowest BCUT2D eigenvalue weighted by Crippen LogP contribution is -2.21. The average Bonchev–Trinajstić information content (AvgIpc) is 1.93.